The van der Waals surface area contributed by atoms with Gasteiger partial charge in [-0.2, -0.15) is 13.2 Å². The van der Waals surface area contributed by atoms with Crippen molar-refractivity contribution < 1.29 is 23.4 Å². The van der Waals surface area contributed by atoms with Crippen LogP contribution in [0.25, 0.3) is 10.8 Å². The van der Waals surface area contributed by atoms with E-state index in [0.717, 1.165) is 0 Å². The number of rotatable bonds is 3. The number of halogens is 4. The summed E-state index contributed by atoms with van der Waals surface area (Å²) in [4.78, 5) is 14.6. The molecule has 4 rings (SSSR count). The third-order valence-electron chi connectivity index (χ3n) is 6.05. The number of hydrogen-bond acceptors (Lipinski definition) is 4. The second-order valence-electron chi connectivity index (χ2n) is 7.78. The third kappa shape index (κ3) is 3.34. The van der Waals surface area contributed by atoms with Gasteiger partial charge in [-0.15, -0.1) is 0 Å². The van der Waals surface area contributed by atoms with Gasteiger partial charge in [0.2, 0.25) is 0 Å². The molecule has 1 aliphatic rings. The Morgan fingerprint density at radius 2 is 1.97 bits per heavy atom. The highest BCUT2D eigenvalue weighted by Gasteiger charge is 2.62. The van der Waals surface area contributed by atoms with Crippen molar-refractivity contribution in [2.75, 3.05) is 5.32 Å². The Labute approximate surface area is 180 Å². The van der Waals surface area contributed by atoms with E-state index in [9.17, 15) is 28.2 Å². The summed E-state index contributed by atoms with van der Waals surface area (Å²) in [6, 6.07) is 7.30. The van der Waals surface area contributed by atoms with Gasteiger partial charge in [-0.05, 0) is 48.6 Å². The van der Waals surface area contributed by atoms with Gasteiger partial charge in [0.1, 0.15) is 5.75 Å². The van der Waals surface area contributed by atoms with E-state index < -0.39 is 30.2 Å². The van der Waals surface area contributed by atoms with E-state index in [2.05, 4.69) is 10.3 Å². The predicted octanol–water partition coefficient (Wildman–Crippen LogP) is 5.23. The molecule has 1 aromatic heterocycles. The van der Waals surface area contributed by atoms with E-state index in [1.165, 1.54) is 18.3 Å². The minimum atomic E-state index is -4.95. The number of aromatic amines is 1. The molecule has 0 unspecified atom stereocenters. The number of pyridine rings is 1. The van der Waals surface area contributed by atoms with Crippen LogP contribution in [0, 0.1) is 0 Å². The Morgan fingerprint density at radius 1 is 1.23 bits per heavy atom. The lowest BCUT2D eigenvalue weighted by Crippen LogP contribution is -2.55. The van der Waals surface area contributed by atoms with Crippen molar-refractivity contribution in [1.29, 1.82) is 0 Å². The Bertz CT molecular complexity index is 1210. The molecule has 1 heterocycles. The number of nitrogens with one attached hydrogen (secondary N) is 2. The van der Waals surface area contributed by atoms with E-state index in [4.69, 9.17) is 11.6 Å². The van der Waals surface area contributed by atoms with Gasteiger partial charge < -0.3 is 20.5 Å². The predicted molar refractivity (Wildman–Crippen MR) is 113 cm³/mol. The van der Waals surface area contributed by atoms with Crippen molar-refractivity contribution in [3.8, 4) is 5.75 Å². The van der Waals surface area contributed by atoms with Crippen LogP contribution in [0.3, 0.4) is 0 Å². The summed E-state index contributed by atoms with van der Waals surface area (Å²) in [7, 11) is 0. The number of alkyl halides is 3. The lowest BCUT2D eigenvalue weighted by atomic mass is 9.69. The molecule has 0 amide bonds. The molecule has 0 saturated heterocycles. The molecule has 164 valence electrons. The van der Waals surface area contributed by atoms with Crippen molar-refractivity contribution in [3.63, 3.8) is 0 Å². The van der Waals surface area contributed by atoms with Crippen molar-refractivity contribution >= 4 is 28.1 Å². The van der Waals surface area contributed by atoms with Crippen LogP contribution < -0.4 is 10.9 Å². The number of aromatic hydroxyl groups is 1. The molecule has 5 nitrogen and oxygen atoms in total. The Balaban J connectivity index is 1.95. The van der Waals surface area contributed by atoms with Crippen molar-refractivity contribution in [3.05, 3.63) is 69.1 Å². The van der Waals surface area contributed by atoms with Crippen LogP contribution in [0.4, 0.5) is 18.9 Å². The normalized spacial score (nSPS) is 23.5. The molecule has 2 aromatic carbocycles. The molecular formula is C22H20ClF3N2O3. The first-order valence-corrected chi connectivity index (χ1v) is 10.1. The molecule has 1 aliphatic carbocycles. The largest absolute Gasteiger partial charge is 0.506 e. The highest BCUT2D eigenvalue weighted by molar-refractivity contribution is 6.32. The SMILES string of the molecule is CC[C@H]1C[C@](O)(C(F)(F)F)[C@@H](Nc2cccc3c(=O)[nH]ccc23)c2ccc(Cl)c(O)c21. The number of aliphatic hydroxyl groups is 1. The maximum atomic E-state index is 14.2. The third-order valence-corrected chi connectivity index (χ3v) is 6.36. The molecule has 31 heavy (non-hydrogen) atoms. The minimum absolute atomic E-state index is 0.0325. The van der Waals surface area contributed by atoms with Gasteiger partial charge >= 0.3 is 6.18 Å². The van der Waals surface area contributed by atoms with Crippen molar-refractivity contribution in [2.45, 2.75) is 43.5 Å². The van der Waals surface area contributed by atoms with Crippen molar-refractivity contribution in [1.82, 2.24) is 4.98 Å². The molecule has 0 bridgehead atoms. The fourth-order valence-corrected chi connectivity index (χ4v) is 4.62. The Hall–Kier alpha value is -2.71. The number of phenolic OH excluding ortho intramolecular Hbond substituents is 1. The minimum Gasteiger partial charge on any atom is -0.506 e. The monoisotopic (exact) mass is 452 g/mol. The molecular weight excluding hydrogens is 433 g/mol. The van der Waals surface area contributed by atoms with Crippen LogP contribution in [0.1, 0.15) is 42.9 Å². The van der Waals surface area contributed by atoms with Gasteiger partial charge in [-0.1, -0.05) is 30.7 Å². The standard InChI is InChI=1S/C22H20ClF3N2O3/c1-2-11-10-21(31,22(24,25)26)19(14-6-7-15(23)18(29)17(11)14)28-16-5-3-4-13-12(16)8-9-27-20(13)30/h3-9,11,19,28-29,31H,2,10H2,1H3,(H,27,30)/t11-,19-,21+/m0/s1. The number of anilines is 1. The van der Waals surface area contributed by atoms with Gasteiger partial charge in [0.05, 0.1) is 11.1 Å². The molecule has 9 heteroatoms. The summed E-state index contributed by atoms with van der Waals surface area (Å²) in [5, 5.41) is 25.1. The number of H-pyrrole nitrogens is 1. The van der Waals surface area contributed by atoms with E-state index in [1.807, 2.05) is 0 Å². The highest BCUT2D eigenvalue weighted by atomic mass is 35.5. The zero-order valence-corrected chi connectivity index (χ0v) is 17.2. The molecule has 0 aliphatic heterocycles. The number of fused-ring (bicyclic) bond motifs is 2. The average Bonchev–Trinajstić information content (AvgIpc) is 2.72. The second-order valence-corrected chi connectivity index (χ2v) is 8.19. The van der Waals surface area contributed by atoms with Gasteiger partial charge in [-0.25, -0.2) is 0 Å². The van der Waals surface area contributed by atoms with Crippen LogP contribution in [0.5, 0.6) is 5.75 Å². The van der Waals surface area contributed by atoms with Gasteiger partial charge in [0, 0.05) is 28.2 Å². The maximum absolute atomic E-state index is 14.2. The first kappa shape index (κ1) is 21.5. The summed E-state index contributed by atoms with van der Waals surface area (Å²) in [5.74, 6) is -1.02. The van der Waals surface area contributed by atoms with Crippen LogP contribution >= 0.6 is 11.6 Å². The van der Waals surface area contributed by atoms with E-state index in [0.29, 0.717) is 16.3 Å². The maximum Gasteiger partial charge on any atom is 0.419 e. The topological polar surface area (TPSA) is 85.4 Å². The van der Waals surface area contributed by atoms with E-state index in [1.54, 1.807) is 31.2 Å². The van der Waals surface area contributed by atoms with Gasteiger partial charge in [0.25, 0.3) is 5.56 Å². The molecule has 0 radical (unpaired) electrons. The molecule has 0 saturated carbocycles. The average molecular weight is 453 g/mol. The number of benzene rings is 2. The van der Waals surface area contributed by atoms with Crippen LogP contribution in [0.2, 0.25) is 5.02 Å². The van der Waals surface area contributed by atoms with Crippen molar-refractivity contribution in [2.24, 2.45) is 0 Å². The first-order chi connectivity index (χ1) is 14.6. The molecule has 3 atom stereocenters. The summed E-state index contributed by atoms with van der Waals surface area (Å²) in [6.07, 6.45) is -3.92. The highest BCUT2D eigenvalue weighted by Crippen LogP contribution is 2.56. The fraction of sp³-hybridized carbons (Fsp3) is 0.318. The fourth-order valence-electron chi connectivity index (χ4n) is 4.46. The first-order valence-electron chi connectivity index (χ1n) is 9.75. The molecule has 4 N–H and O–H groups in total. The van der Waals surface area contributed by atoms with Gasteiger partial charge in [0.15, 0.2) is 5.60 Å². The summed E-state index contributed by atoms with van der Waals surface area (Å²) >= 11 is 6.04. The lowest BCUT2D eigenvalue weighted by Gasteiger charge is -2.46. The molecule has 0 spiro atoms. The molecule has 3 aromatic rings. The Kier molecular flexibility index (Phi) is 5.18. The van der Waals surface area contributed by atoms with Crippen LogP contribution in [-0.2, 0) is 0 Å². The smallest absolute Gasteiger partial charge is 0.419 e. The quantitative estimate of drug-likeness (QED) is 0.438. The Morgan fingerprint density at radius 3 is 2.65 bits per heavy atom. The lowest BCUT2D eigenvalue weighted by molar-refractivity contribution is -0.272. The molecule has 0 fully saturated rings. The summed E-state index contributed by atoms with van der Waals surface area (Å²) in [6.45, 7) is 1.69. The zero-order chi connectivity index (χ0) is 22.6. The number of aromatic nitrogens is 1. The summed E-state index contributed by atoms with van der Waals surface area (Å²) < 4.78 is 42.6. The number of phenols is 1. The van der Waals surface area contributed by atoms with Crippen LogP contribution in [0.15, 0.2) is 47.4 Å². The summed E-state index contributed by atoms with van der Waals surface area (Å²) in [5.41, 5.74) is -2.83. The van der Waals surface area contributed by atoms with Crippen LogP contribution in [-0.4, -0.2) is 27.0 Å². The van der Waals surface area contributed by atoms with E-state index in [-0.39, 0.29) is 34.0 Å². The van der Waals surface area contributed by atoms with E-state index >= 15 is 0 Å². The zero-order valence-electron chi connectivity index (χ0n) is 16.4. The number of hydrogen-bond donors (Lipinski definition) is 4. The second kappa shape index (κ2) is 7.46. The van der Waals surface area contributed by atoms with Gasteiger partial charge in [-0.3, -0.25) is 4.79 Å².